The molecule has 3 amide bonds. The number of urea groups is 1. The fraction of sp³-hybridized carbons (Fsp3) is 0.500. The van der Waals surface area contributed by atoms with Crippen LogP contribution in [-0.2, 0) is 16.1 Å². The molecule has 0 radical (unpaired) electrons. The number of carbonyl (C=O) groups excluding carboxylic acids is 3. The molecule has 0 spiro atoms. The molecule has 1 aliphatic rings. The Morgan fingerprint density at radius 3 is 2.48 bits per heavy atom. The van der Waals surface area contributed by atoms with E-state index in [1.165, 1.54) is 12.1 Å². The number of aliphatic hydroxyl groups excluding tert-OH is 1. The lowest BCUT2D eigenvalue weighted by Crippen LogP contribution is -2.48. The van der Waals surface area contributed by atoms with Crippen LogP contribution in [0.3, 0.4) is 0 Å². The van der Waals surface area contributed by atoms with Crippen LogP contribution in [0.25, 0.3) is 0 Å². The fourth-order valence-corrected chi connectivity index (χ4v) is 2.86. The molecular formula is C18H24N2O5. The number of rotatable bonds is 5. The van der Waals surface area contributed by atoms with Gasteiger partial charge >= 0.3 is 12.0 Å². The van der Waals surface area contributed by atoms with Gasteiger partial charge in [-0.3, -0.25) is 10.1 Å². The number of amides is 3. The van der Waals surface area contributed by atoms with Crippen molar-refractivity contribution in [3.8, 4) is 0 Å². The van der Waals surface area contributed by atoms with E-state index in [0.717, 1.165) is 25.7 Å². The van der Waals surface area contributed by atoms with Crippen molar-refractivity contribution in [2.24, 2.45) is 5.92 Å². The van der Waals surface area contributed by atoms with E-state index in [2.05, 4.69) is 17.6 Å². The van der Waals surface area contributed by atoms with Crippen LogP contribution in [0.2, 0.25) is 0 Å². The van der Waals surface area contributed by atoms with Gasteiger partial charge in [0, 0.05) is 6.04 Å². The van der Waals surface area contributed by atoms with Crippen LogP contribution < -0.4 is 10.6 Å². The second-order valence-corrected chi connectivity index (χ2v) is 6.32. The molecule has 1 fully saturated rings. The second-order valence-electron chi connectivity index (χ2n) is 6.32. The molecule has 0 aromatic heterocycles. The highest BCUT2D eigenvalue weighted by atomic mass is 16.5. The highest BCUT2D eigenvalue weighted by Gasteiger charge is 2.23. The molecule has 0 saturated heterocycles. The van der Waals surface area contributed by atoms with Crippen molar-refractivity contribution in [3.05, 3.63) is 35.4 Å². The van der Waals surface area contributed by atoms with Gasteiger partial charge < -0.3 is 15.2 Å². The summed E-state index contributed by atoms with van der Waals surface area (Å²) in [7, 11) is 0. The Balaban J connectivity index is 1.73. The molecule has 136 valence electrons. The molecule has 3 N–H and O–H groups in total. The molecule has 2 atom stereocenters. The van der Waals surface area contributed by atoms with Crippen LogP contribution >= 0.6 is 0 Å². The summed E-state index contributed by atoms with van der Waals surface area (Å²) in [5.41, 5.74) is 0.938. The number of ether oxygens (including phenoxy) is 1. The van der Waals surface area contributed by atoms with Crippen LogP contribution in [-0.4, -0.2) is 35.7 Å². The molecule has 7 nitrogen and oxygen atoms in total. The average molecular weight is 348 g/mol. The van der Waals surface area contributed by atoms with Gasteiger partial charge in [0.25, 0.3) is 5.91 Å². The zero-order chi connectivity index (χ0) is 18.2. The van der Waals surface area contributed by atoms with Crippen molar-refractivity contribution in [1.29, 1.82) is 0 Å². The van der Waals surface area contributed by atoms with Crippen molar-refractivity contribution in [1.82, 2.24) is 10.6 Å². The summed E-state index contributed by atoms with van der Waals surface area (Å²) in [6.45, 7) is 1.43. The monoisotopic (exact) mass is 348 g/mol. The van der Waals surface area contributed by atoms with Crippen molar-refractivity contribution in [2.45, 2.75) is 45.3 Å². The van der Waals surface area contributed by atoms with E-state index < -0.39 is 24.5 Å². The normalized spacial score (nSPS) is 19.8. The van der Waals surface area contributed by atoms with Crippen molar-refractivity contribution in [2.75, 3.05) is 6.61 Å². The third-order valence-corrected chi connectivity index (χ3v) is 4.39. The predicted octanol–water partition coefficient (Wildman–Crippen LogP) is 1.74. The topological polar surface area (TPSA) is 105 Å². The number of nitrogens with one attached hydrogen (secondary N) is 2. The molecule has 1 aromatic carbocycles. The van der Waals surface area contributed by atoms with E-state index in [1.54, 1.807) is 12.1 Å². The van der Waals surface area contributed by atoms with Gasteiger partial charge in [0.15, 0.2) is 6.61 Å². The molecular weight excluding hydrogens is 324 g/mol. The summed E-state index contributed by atoms with van der Waals surface area (Å²) < 4.78 is 4.88. The number of carbonyl (C=O) groups is 3. The maximum absolute atomic E-state index is 11.8. The molecule has 0 unspecified atom stereocenters. The van der Waals surface area contributed by atoms with Gasteiger partial charge in [0.05, 0.1) is 12.2 Å². The van der Waals surface area contributed by atoms with Gasteiger partial charge in [-0.05, 0) is 36.5 Å². The van der Waals surface area contributed by atoms with E-state index in [-0.39, 0.29) is 18.2 Å². The fourth-order valence-electron chi connectivity index (χ4n) is 2.86. The smallest absolute Gasteiger partial charge is 0.338 e. The summed E-state index contributed by atoms with van der Waals surface area (Å²) in [6, 6.07) is 5.69. The first-order chi connectivity index (χ1) is 12.0. The van der Waals surface area contributed by atoms with Gasteiger partial charge in [0.2, 0.25) is 0 Å². The largest absolute Gasteiger partial charge is 0.452 e. The van der Waals surface area contributed by atoms with Crippen LogP contribution in [0.5, 0.6) is 0 Å². The van der Waals surface area contributed by atoms with Crippen LogP contribution in [0.4, 0.5) is 4.79 Å². The lowest BCUT2D eigenvalue weighted by molar-refractivity contribution is -0.123. The second kappa shape index (κ2) is 9.17. The minimum Gasteiger partial charge on any atom is -0.452 e. The zero-order valence-corrected chi connectivity index (χ0v) is 14.3. The summed E-state index contributed by atoms with van der Waals surface area (Å²) in [6.07, 6.45) is 4.19. The summed E-state index contributed by atoms with van der Waals surface area (Å²) in [5, 5.41) is 13.9. The third-order valence-electron chi connectivity index (χ3n) is 4.39. The van der Waals surface area contributed by atoms with Crippen molar-refractivity contribution in [3.63, 3.8) is 0 Å². The Kier molecular flexibility index (Phi) is 6.94. The summed E-state index contributed by atoms with van der Waals surface area (Å²) >= 11 is 0. The quantitative estimate of drug-likeness (QED) is 0.703. The van der Waals surface area contributed by atoms with E-state index in [0.29, 0.717) is 11.5 Å². The molecule has 0 bridgehead atoms. The Bertz CT molecular complexity index is 614. The van der Waals surface area contributed by atoms with Gasteiger partial charge in [-0.1, -0.05) is 31.9 Å². The Morgan fingerprint density at radius 1 is 1.16 bits per heavy atom. The van der Waals surface area contributed by atoms with Crippen molar-refractivity contribution >= 4 is 17.9 Å². The lowest BCUT2D eigenvalue weighted by atomic mass is 9.86. The Hall–Kier alpha value is -2.41. The minimum absolute atomic E-state index is 0.0640. The molecule has 0 heterocycles. The summed E-state index contributed by atoms with van der Waals surface area (Å²) in [5.74, 6) is -0.962. The molecule has 25 heavy (non-hydrogen) atoms. The maximum atomic E-state index is 11.8. The molecule has 1 aliphatic carbocycles. The van der Waals surface area contributed by atoms with Crippen LogP contribution in [0.15, 0.2) is 24.3 Å². The first-order valence-corrected chi connectivity index (χ1v) is 8.47. The van der Waals surface area contributed by atoms with E-state index in [4.69, 9.17) is 9.84 Å². The van der Waals surface area contributed by atoms with E-state index >= 15 is 0 Å². The highest BCUT2D eigenvalue weighted by Crippen LogP contribution is 2.23. The van der Waals surface area contributed by atoms with Gasteiger partial charge in [-0.2, -0.15) is 0 Å². The number of imide groups is 1. The molecule has 2 rings (SSSR count). The standard InChI is InChI=1S/C18H24N2O5/c1-12-4-2-3-5-15(12)19-18(24)20-16(22)11-25-17(23)14-8-6-13(10-21)7-9-14/h6-9,12,15,21H,2-5,10-11H2,1H3,(H2,19,20,22,24)/t12-,15+/m1/s1. The maximum Gasteiger partial charge on any atom is 0.338 e. The highest BCUT2D eigenvalue weighted by molar-refractivity contribution is 5.97. The van der Waals surface area contributed by atoms with Gasteiger partial charge in [-0.15, -0.1) is 0 Å². The number of benzene rings is 1. The number of esters is 1. The average Bonchev–Trinajstić information content (AvgIpc) is 2.61. The van der Waals surface area contributed by atoms with E-state index in [1.807, 2.05) is 0 Å². The van der Waals surface area contributed by atoms with Gasteiger partial charge in [0.1, 0.15) is 0 Å². The summed E-state index contributed by atoms with van der Waals surface area (Å²) in [4.78, 5) is 35.4. The minimum atomic E-state index is -0.679. The zero-order valence-electron chi connectivity index (χ0n) is 14.3. The van der Waals surface area contributed by atoms with Crippen LogP contribution in [0.1, 0.15) is 48.5 Å². The van der Waals surface area contributed by atoms with Crippen LogP contribution in [0, 0.1) is 5.92 Å². The predicted molar refractivity (Wildman–Crippen MR) is 90.7 cm³/mol. The number of hydrogen-bond donors (Lipinski definition) is 3. The molecule has 1 saturated carbocycles. The van der Waals surface area contributed by atoms with Crippen molar-refractivity contribution < 1.29 is 24.2 Å². The van der Waals surface area contributed by atoms with E-state index in [9.17, 15) is 14.4 Å². The third kappa shape index (κ3) is 5.86. The Labute approximate surface area is 146 Å². The Morgan fingerprint density at radius 2 is 1.84 bits per heavy atom. The first kappa shape index (κ1) is 18.9. The molecule has 7 heteroatoms. The first-order valence-electron chi connectivity index (χ1n) is 8.47. The number of aliphatic hydroxyl groups is 1. The molecule has 0 aliphatic heterocycles. The number of hydrogen-bond acceptors (Lipinski definition) is 5. The SMILES string of the molecule is C[C@@H]1CCCC[C@@H]1NC(=O)NC(=O)COC(=O)c1ccc(CO)cc1. The molecule has 1 aromatic rings. The lowest BCUT2D eigenvalue weighted by Gasteiger charge is -2.29. The van der Waals surface area contributed by atoms with Gasteiger partial charge in [-0.25, -0.2) is 9.59 Å².